The fraction of sp³-hybridized carbons (Fsp3) is 0.111. The SMILES string of the molecule is COc1cccc2sc(/C=N/O)nc12. The predicted octanol–water partition coefficient (Wildman–Crippen LogP) is 2.11. The van der Waals surface area contributed by atoms with E-state index in [0.717, 1.165) is 16.0 Å². The van der Waals surface area contributed by atoms with Crippen LogP contribution in [-0.4, -0.2) is 23.5 Å². The van der Waals surface area contributed by atoms with Gasteiger partial charge in [-0.2, -0.15) is 0 Å². The molecule has 0 unspecified atom stereocenters. The summed E-state index contributed by atoms with van der Waals surface area (Å²) < 4.78 is 6.17. The van der Waals surface area contributed by atoms with Crippen LogP contribution in [0.15, 0.2) is 23.4 Å². The van der Waals surface area contributed by atoms with Crippen LogP contribution in [-0.2, 0) is 0 Å². The Morgan fingerprint density at radius 1 is 1.57 bits per heavy atom. The lowest BCUT2D eigenvalue weighted by Gasteiger charge is -1.97. The third-order valence-corrected chi connectivity index (χ3v) is 2.74. The summed E-state index contributed by atoms with van der Waals surface area (Å²) in [6.07, 6.45) is 1.31. The molecule has 4 nitrogen and oxygen atoms in total. The lowest BCUT2D eigenvalue weighted by Crippen LogP contribution is -1.84. The summed E-state index contributed by atoms with van der Waals surface area (Å²) >= 11 is 1.45. The largest absolute Gasteiger partial charge is 0.494 e. The monoisotopic (exact) mass is 208 g/mol. The maximum atomic E-state index is 8.38. The van der Waals surface area contributed by atoms with Crippen molar-refractivity contribution >= 4 is 27.8 Å². The van der Waals surface area contributed by atoms with Crippen LogP contribution in [0.1, 0.15) is 5.01 Å². The Hall–Kier alpha value is -1.62. The van der Waals surface area contributed by atoms with Gasteiger partial charge in [-0.3, -0.25) is 0 Å². The first-order valence-corrected chi connectivity index (χ1v) is 4.78. The van der Waals surface area contributed by atoms with E-state index in [1.807, 2.05) is 18.2 Å². The lowest BCUT2D eigenvalue weighted by atomic mass is 10.3. The highest BCUT2D eigenvalue weighted by molar-refractivity contribution is 7.20. The summed E-state index contributed by atoms with van der Waals surface area (Å²) in [6.45, 7) is 0. The van der Waals surface area contributed by atoms with Gasteiger partial charge in [0.05, 0.1) is 11.8 Å². The van der Waals surface area contributed by atoms with Gasteiger partial charge < -0.3 is 9.94 Å². The molecule has 14 heavy (non-hydrogen) atoms. The third-order valence-electron chi connectivity index (χ3n) is 1.79. The molecule has 0 saturated heterocycles. The van der Waals surface area contributed by atoms with E-state index in [9.17, 15) is 0 Å². The van der Waals surface area contributed by atoms with Gasteiger partial charge in [-0.05, 0) is 12.1 Å². The van der Waals surface area contributed by atoms with Crippen molar-refractivity contribution in [2.75, 3.05) is 7.11 Å². The summed E-state index contributed by atoms with van der Waals surface area (Å²) in [6, 6.07) is 5.70. The van der Waals surface area contributed by atoms with E-state index in [4.69, 9.17) is 9.94 Å². The van der Waals surface area contributed by atoms with Crippen LogP contribution >= 0.6 is 11.3 Å². The van der Waals surface area contributed by atoms with Crippen molar-refractivity contribution in [2.45, 2.75) is 0 Å². The highest BCUT2D eigenvalue weighted by Gasteiger charge is 2.06. The minimum Gasteiger partial charge on any atom is -0.494 e. The maximum Gasteiger partial charge on any atom is 0.145 e. The Morgan fingerprint density at radius 3 is 3.14 bits per heavy atom. The van der Waals surface area contributed by atoms with Crippen molar-refractivity contribution < 1.29 is 9.94 Å². The quantitative estimate of drug-likeness (QED) is 0.467. The molecule has 0 aliphatic carbocycles. The van der Waals surface area contributed by atoms with E-state index in [2.05, 4.69) is 10.1 Å². The van der Waals surface area contributed by atoms with Crippen molar-refractivity contribution in [1.82, 2.24) is 4.98 Å². The first-order valence-electron chi connectivity index (χ1n) is 3.96. The van der Waals surface area contributed by atoms with Gasteiger partial charge in [-0.25, -0.2) is 4.98 Å². The van der Waals surface area contributed by atoms with Crippen LogP contribution in [0, 0.1) is 0 Å². The van der Waals surface area contributed by atoms with Gasteiger partial charge in [0.25, 0.3) is 0 Å². The zero-order chi connectivity index (χ0) is 9.97. The van der Waals surface area contributed by atoms with Crippen LogP contribution in [0.2, 0.25) is 0 Å². The second-order valence-electron chi connectivity index (χ2n) is 2.60. The second kappa shape index (κ2) is 3.63. The van der Waals surface area contributed by atoms with Crippen molar-refractivity contribution in [3.8, 4) is 5.75 Å². The minimum atomic E-state index is 0.659. The fourth-order valence-electron chi connectivity index (χ4n) is 1.21. The number of rotatable bonds is 2. The fourth-order valence-corrected chi connectivity index (χ4v) is 2.06. The number of oxime groups is 1. The number of nitrogens with zero attached hydrogens (tertiary/aromatic N) is 2. The van der Waals surface area contributed by atoms with E-state index >= 15 is 0 Å². The molecule has 2 rings (SSSR count). The Bertz CT molecular complexity index is 479. The van der Waals surface area contributed by atoms with Crippen LogP contribution in [0.4, 0.5) is 0 Å². The number of para-hydroxylation sites is 1. The number of methoxy groups -OCH3 is 1. The number of hydrogen-bond acceptors (Lipinski definition) is 5. The molecule has 0 saturated carbocycles. The third kappa shape index (κ3) is 1.42. The van der Waals surface area contributed by atoms with E-state index in [0.29, 0.717) is 5.01 Å². The molecule has 0 aliphatic heterocycles. The molecular weight excluding hydrogens is 200 g/mol. The van der Waals surface area contributed by atoms with Gasteiger partial charge in [0.1, 0.15) is 22.5 Å². The predicted molar refractivity (Wildman–Crippen MR) is 55.6 cm³/mol. The standard InChI is InChI=1S/C9H8N2O2S/c1-13-6-3-2-4-7-9(6)11-8(14-7)5-10-12/h2-5,12H,1H3/b10-5+. The Labute approximate surface area is 84.5 Å². The molecule has 72 valence electrons. The topological polar surface area (TPSA) is 54.7 Å². The Morgan fingerprint density at radius 2 is 2.43 bits per heavy atom. The molecule has 0 fully saturated rings. The van der Waals surface area contributed by atoms with Gasteiger partial charge >= 0.3 is 0 Å². The summed E-state index contributed by atoms with van der Waals surface area (Å²) in [7, 11) is 1.61. The van der Waals surface area contributed by atoms with Crippen LogP contribution in [0.3, 0.4) is 0 Å². The molecule has 0 atom stereocenters. The first kappa shape index (κ1) is 8.96. The molecule has 1 aromatic carbocycles. The second-order valence-corrected chi connectivity index (χ2v) is 3.67. The Balaban J connectivity index is 2.64. The van der Waals surface area contributed by atoms with Gasteiger partial charge in [0.2, 0.25) is 0 Å². The van der Waals surface area contributed by atoms with E-state index in [1.54, 1.807) is 7.11 Å². The van der Waals surface area contributed by atoms with Crippen LogP contribution < -0.4 is 4.74 Å². The molecule has 2 aromatic rings. The van der Waals surface area contributed by atoms with E-state index < -0.39 is 0 Å². The molecule has 1 N–H and O–H groups in total. The lowest BCUT2D eigenvalue weighted by molar-refractivity contribution is 0.322. The molecule has 0 aliphatic rings. The number of aromatic nitrogens is 1. The molecule has 5 heteroatoms. The van der Waals surface area contributed by atoms with Crippen molar-refractivity contribution in [1.29, 1.82) is 0 Å². The van der Waals surface area contributed by atoms with Gasteiger partial charge in [0, 0.05) is 0 Å². The Kier molecular flexibility index (Phi) is 2.32. The molecule has 0 bridgehead atoms. The van der Waals surface area contributed by atoms with Gasteiger partial charge in [-0.1, -0.05) is 11.2 Å². The first-order chi connectivity index (χ1) is 6.85. The number of thiazole rings is 1. The molecule has 0 amide bonds. The summed E-state index contributed by atoms with van der Waals surface area (Å²) in [5, 5.41) is 12.0. The van der Waals surface area contributed by atoms with Crippen molar-refractivity contribution in [2.24, 2.45) is 5.16 Å². The zero-order valence-electron chi connectivity index (χ0n) is 7.47. The average molecular weight is 208 g/mol. The summed E-state index contributed by atoms with van der Waals surface area (Å²) in [5.74, 6) is 0.733. The number of ether oxygens (including phenoxy) is 1. The number of fused-ring (bicyclic) bond motifs is 1. The normalized spacial score (nSPS) is 11.2. The van der Waals surface area contributed by atoms with Crippen molar-refractivity contribution in [3.63, 3.8) is 0 Å². The molecule has 0 spiro atoms. The van der Waals surface area contributed by atoms with Crippen LogP contribution in [0.5, 0.6) is 5.75 Å². The molecule has 1 aromatic heterocycles. The number of benzene rings is 1. The van der Waals surface area contributed by atoms with Gasteiger partial charge in [-0.15, -0.1) is 11.3 Å². The number of hydrogen-bond donors (Lipinski definition) is 1. The summed E-state index contributed by atoms with van der Waals surface area (Å²) in [5.41, 5.74) is 0.801. The van der Waals surface area contributed by atoms with E-state index in [1.165, 1.54) is 17.6 Å². The zero-order valence-corrected chi connectivity index (χ0v) is 8.28. The minimum absolute atomic E-state index is 0.659. The average Bonchev–Trinajstić information content (AvgIpc) is 2.60. The summed E-state index contributed by atoms with van der Waals surface area (Å²) in [4.78, 5) is 4.26. The molecule has 0 radical (unpaired) electrons. The highest BCUT2D eigenvalue weighted by Crippen LogP contribution is 2.28. The highest BCUT2D eigenvalue weighted by atomic mass is 32.1. The van der Waals surface area contributed by atoms with Gasteiger partial charge in [0.15, 0.2) is 0 Å². The maximum absolute atomic E-state index is 8.38. The van der Waals surface area contributed by atoms with Crippen LogP contribution in [0.25, 0.3) is 10.2 Å². The smallest absolute Gasteiger partial charge is 0.145 e. The van der Waals surface area contributed by atoms with Crippen molar-refractivity contribution in [3.05, 3.63) is 23.2 Å². The molecule has 1 heterocycles. The molecular formula is C9H8N2O2S. The van der Waals surface area contributed by atoms with E-state index in [-0.39, 0.29) is 0 Å².